The molecule has 0 aliphatic carbocycles. The summed E-state index contributed by atoms with van der Waals surface area (Å²) in [5.74, 6) is -0.594. The van der Waals surface area contributed by atoms with Crippen LogP contribution in [0.5, 0.6) is 0 Å². The van der Waals surface area contributed by atoms with Gasteiger partial charge in [-0.1, -0.05) is 23.7 Å². The molecular formula is C17H15ClFN3O3. The van der Waals surface area contributed by atoms with E-state index in [2.05, 4.69) is 0 Å². The molecule has 25 heavy (non-hydrogen) atoms. The minimum atomic E-state index is -0.616. The van der Waals surface area contributed by atoms with Crippen molar-refractivity contribution in [1.29, 1.82) is 0 Å². The van der Waals surface area contributed by atoms with Gasteiger partial charge in [0.15, 0.2) is 0 Å². The van der Waals surface area contributed by atoms with E-state index in [0.717, 1.165) is 0 Å². The van der Waals surface area contributed by atoms with E-state index < -0.39 is 4.92 Å². The third-order valence-corrected chi connectivity index (χ3v) is 4.47. The van der Waals surface area contributed by atoms with Crippen LogP contribution in [0.4, 0.5) is 15.8 Å². The zero-order valence-corrected chi connectivity index (χ0v) is 13.9. The summed E-state index contributed by atoms with van der Waals surface area (Å²) in [7, 11) is 0. The monoisotopic (exact) mass is 363 g/mol. The quantitative estimate of drug-likeness (QED) is 0.619. The maximum absolute atomic E-state index is 13.9. The van der Waals surface area contributed by atoms with Crippen LogP contribution in [-0.2, 0) is 0 Å². The van der Waals surface area contributed by atoms with Gasteiger partial charge < -0.3 is 9.80 Å². The van der Waals surface area contributed by atoms with Gasteiger partial charge in [0.1, 0.15) is 10.8 Å². The second-order valence-corrected chi connectivity index (χ2v) is 6.06. The first-order chi connectivity index (χ1) is 12.0. The Morgan fingerprint density at radius 3 is 2.44 bits per heavy atom. The van der Waals surface area contributed by atoms with E-state index in [1.165, 1.54) is 24.3 Å². The molecule has 0 radical (unpaired) electrons. The zero-order valence-electron chi connectivity index (χ0n) is 13.2. The first-order valence-corrected chi connectivity index (χ1v) is 8.08. The largest absolute Gasteiger partial charge is 0.366 e. The van der Waals surface area contributed by atoms with Crippen LogP contribution in [0.2, 0.25) is 5.02 Å². The van der Waals surface area contributed by atoms with E-state index >= 15 is 0 Å². The van der Waals surface area contributed by atoms with Crippen LogP contribution >= 0.6 is 11.6 Å². The van der Waals surface area contributed by atoms with Crippen molar-refractivity contribution in [3.8, 4) is 0 Å². The Morgan fingerprint density at radius 2 is 1.80 bits per heavy atom. The molecule has 0 aromatic heterocycles. The lowest BCUT2D eigenvalue weighted by Crippen LogP contribution is -2.49. The number of anilines is 1. The Hall–Kier alpha value is -2.67. The number of carbonyl (C=O) groups is 1. The Morgan fingerprint density at radius 1 is 1.12 bits per heavy atom. The summed E-state index contributed by atoms with van der Waals surface area (Å²) in [5, 5.41) is 11.0. The predicted molar refractivity (Wildman–Crippen MR) is 92.6 cm³/mol. The molecule has 2 aromatic carbocycles. The maximum atomic E-state index is 13.9. The number of nitro groups is 1. The number of rotatable bonds is 3. The number of nitro benzene ring substituents is 1. The normalized spacial score (nSPS) is 14.5. The molecule has 0 spiro atoms. The lowest BCUT2D eigenvalue weighted by atomic mass is 10.1. The first kappa shape index (κ1) is 17.2. The van der Waals surface area contributed by atoms with E-state index in [4.69, 9.17) is 11.6 Å². The number of para-hydroxylation sites is 1. The number of hydrogen-bond acceptors (Lipinski definition) is 4. The van der Waals surface area contributed by atoms with Crippen molar-refractivity contribution in [2.45, 2.75) is 0 Å². The van der Waals surface area contributed by atoms with Crippen LogP contribution in [-0.4, -0.2) is 41.9 Å². The van der Waals surface area contributed by atoms with Gasteiger partial charge in [-0.25, -0.2) is 4.39 Å². The number of piperazine rings is 1. The van der Waals surface area contributed by atoms with Crippen molar-refractivity contribution in [1.82, 2.24) is 4.90 Å². The Kier molecular flexibility index (Phi) is 4.85. The lowest BCUT2D eigenvalue weighted by Gasteiger charge is -2.36. The average molecular weight is 364 g/mol. The molecule has 2 aromatic rings. The molecule has 1 heterocycles. The fraction of sp³-hybridized carbons (Fsp3) is 0.235. The van der Waals surface area contributed by atoms with Gasteiger partial charge in [0.05, 0.1) is 10.6 Å². The van der Waals surface area contributed by atoms with E-state index in [1.54, 1.807) is 23.1 Å². The highest BCUT2D eigenvalue weighted by molar-refractivity contribution is 6.32. The van der Waals surface area contributed by atoms with Gasteiger partial charge in [-0.3, -0.25) is 14.9 Å². The van der Waals surface area contributed by atoms with E-state index in [-0.39, 0.29) is 28.0 Å². The number of amides is 1. The molecule has 1 aliphatic rings. The summed E-state index contributed by atoms with van der Waals surface area (Å²) in [6.07, 6.45) is 0. The summed E-state index contributed by atoms with van der Waals surface area (Å²) >= 11 is 5.77. The molecule has 3 rings (SSSR count). The Bertz CT molecular complexity index is 823. The summed E-state index contributed by atoms with van der Waals surface area (Å²) in [6.45, 7) is 1.79. The molecule has 8 heteroatoms. The van der Waals surface area contributed by atoms with Crippen molar-refractivity contribution >= 4 is 28.9 Å². The number of nitrogens with zero attached hydrogens (tertiary/aromatic N) is 3. The first-order valence-electron chi connectivity index (χ1n) is 7.70. The Balaban J connectivity index is 1.71. The second-order valence-electron chi connectivity index (χ2n) is 5.65. The standard InChI is InChI=1S/C17H15ClFN3O3/c18-13-6-5-12(11-16(13)22(24)25)17(23)21-9-7-20(8-10-21)15-4-2-1-3-14(15)19/h1-6,11H,7-10H2. The smallest absolute Gasteiger partial charge is 0.288 e. The molecule has 0 saturated carbocycles. The van der Waals surface area contributed by atoms with Gasteiger partial charge in [0.25, 0.3) is 11.6 Å². The van der Waals surface area contributed by atoms with Gasteiger partial charge in [0, 0.05) is 37.8 Å². The SMILES string of the molecule is O=C(c1ccc(Cl)c([N+](=O)[O-])c1)N1CCN(c2ccccc2F)CC1. The van der Waals surface area contributed by atoms with Crippen molar-refractivity contribution in [3.05, 3.63) is 69.0 Å². The van der Waals surface area contributed by atoms with Crippen molar-refractivity contribution < 1.29 is 14.1 Å². The van der Waals surface area contributed by atoms with E-state index in [1.807, 2.05) is 4.90 Å². The number of halogens is 2. The van der Waals surface area contributed by atoms with Gasteiger partial charge >= 0.3 is 0 Å². The molecular weight excluding hydrogens is 349 g/mol. The molecule has 1 fully saturated rings. The number of benzene rings is 2. The minimum Gasteiger partial charge on any atom is -0.366 e. The molecule has 1 saturated heterocycles. The topological polar surface area (TPSA) is 66.7 Å². The molecule has 130 valence electrons. The van der Waals surface area contributed by atoms with Crippen LogP contribution in [0.25, 0.3) is 0 Å². The molecule has 6 nitrogen and oxygen atoms in total. The average Bonchev–Trinajstić information content (AvgIpc) is 2.62. The van der Waals surface area contributed by atoms with Crippen LogP contribution in [0.1, 0.15) is 10.4 Å². The number of carbonyl (C=O) groups excluding carboxylic acids is 1. The van der Waals surface area contributed by atoms with Crippen LogP contribution in [0.3, 0.4) is 0 Å². The zero-order chi connectivity index (χ0) is 18.0. The van der Waals surface area contributed by atoms with E-state index in [9.17, 15) is 19.3 Å². The lowest BCUT2D eigenvalue weighted by molar-refractivity contribution is -0.384. The predicted octanol–water partition coefficient (Wildman–Crippen LogP) is 3.35. The highest BCUT2D eigenvalue weighted by Gasteiger charge is 2.25. The summed E-state index contributed by atoms with van der Waals surface area (Å²) in [6, 6.07) is 10.5. The van der Waals surface area contributed by atoms with E-state index in [0.29, 0.717) is 31.9 Å². The second kappa shape index (κ2) is 7.06. The van der Waals surface area contributed by atoms with Gasteiger partial charge in [-0.05, 0) is 24.3 Å². The highest BCUT2D eigenvalue weighted by Crippen LogP contribution is 2.26. The number of hydrogen-bond donors (Lipinski definition) is 0. The van der Waals surface area contributed by atoms with Crippen LogP contribution < -0.4 is 4.90 Å². The summed E-state index contributed by atoms with van der Waals surface area (Å²) in [5.41, 5.74) is 0.435. The highest BCUT2D eigenvalue weighted by atomic mass is 35.5. The van der Waals surface area contributed by atoms with Gasteiger partial charge in [-0.2, -0.15) is 0 Å². The molecule has 0 atom stereocenters. The van der Waals surface area contributed by atoms with Crippen LogP contribution in [0, 0.1) is 15.9 Å². The fourth-order valence-electron chi connectivity index (χ4n) is 2.83. The minimum absolute atomic E-state index is 0.00841. The maximum Gasteiger partial charge on any atom is 0.288 e. The molecule has 0 bridgehead atoms. The van der Waals surface area contributed by atoms with Crippen molar-refractivity contribution in [2.24, 2.45) is 0 Å². The fourth-order valence-corrected chi connectivity index (χ4v) is 3.01. The van der Waals surface area contributed by atoms with Crippen molar-refractivity contribution in [2.75, 3.05) is 31.1 Å². The molecule has 1 amide bonds. The van der Waals surface area contributed by atoms with Gasteiger partial charge in [0.2, 0.25) is 0 Å². The third-order valence-electron chi connectivity index (χ3n) is 4.15. The molecule has 1 aliphatic heterocycles. The Labute approximate surface area is 148 Å². The summed E-state index contributed by atoms with van der Waals surface area (Å²) in [4.78, 5) is 26.4. The van der Waals surface area contributed by atoms with Crippen molar-refractivity contribution in [3.63, 3.8) is 0 Å². The van der Waals surface area contributed by atoms with Gasteiger partial charge in [-0.15, -0.1) is 0 Å². The summed E-state index contributed by atoms with van der Waals surface area (Å²) < 4.78 is 13.9. The third kappa shape index (κ3) is 3.56. The molecule has 0 unspecified atom stereocenters. The molecule has 0 N–H and O–H groups in total. The van der Waals surface area contributed by atoms with Crippen LogP contribution in [0.15, 0.2) is 42.5 Å².